The number of piperazine rings is 1. The van der Waals surface area contributed by atoms with Crippen LogP contribution in [0.5, 0.6) is 0 Å². The lowest BCUT2D eigenvalue weighted by Crippen LogP contribution is -2.63. The SMILES string of the molecule is CCOC1CC(N2CC(C(C)C)NCC2CC)C1. The lowest BCUT2D eigenvalue weighted by molar-refractivity contribution is -0.0688. The van der Waals surface area contributed by atoms with Gasteiger partial charge in [-0.05, 0) is 32.1 Å². The van der Waals surface area contributed by atoms with Crippen molar-refractivity contribution in [2.24, 2.45) is 5.92 Å². The summed E-state index contributed by atoms with van der Waals surface area (Å²) in [6, 6.07) is 2.17. The topological polar surface area (TPSA) is 24.5 Å². The lowest BCUT2D eigenvalue weighted by atomic mass is 9.84. The second-order valence-corrected chi connectivity index (χ2v) is 6.22. The molecule has 1 saturated heterocycles. The number of nitrogens with zero attached hydrogens (tertiary/aromatic N) is 1. The quantitative estimate of drug-likeness (QED) is 0.814. The molecule has 1 N–H and O–H groups in total. The zero-order chi connectivity index (χ0) is 13.1. The molecule has 2 fully saturated rings. The molecule has 18 heavy (non-hydrogen) atoms. The van der Waals surface area contributed by atoms with E-state index in [1.54, 1.807) is 0 Å². The van der Waals surface area contributed by atoms with Crippen LogP contribution in [0.2, 0.25) is 0 Å². The largest absolute Gasteiger partial charge is 0.378 e. The van der Waals surface area contributed by atoms with Crippen LogP contribution in [0.25, 0.3) is 0 Å². The minimum Gasteiger partial charge on any atom is -0.378 e. The molecule has 0 aromatic rings. The van der Waals surface area contributed by atoms with Gasteiger partial charge in [-0.1, -0.05) is 20.8 Å². The summed E-state index contributed by atoms with van der Waals surface area (Å²) >= 11 is 0. The third kappa shape index (κ3) is 3.06. The number of ether oxygens (including phenoxy) is 1. The van der Waals surface area contributed by atoms with Gasteiger partial charge in [0, 0.05) is 37.8 Å². The minimum atomic E-state index is 0.532. The molecule has 1 saturated carbocycles. The Morgan fingerprint density at radius 1 is 1.28 bits per heavy atom. The van der Waals surface area contributed by atoms with Crippen molar-refractivity contribution < 1.29 is 4.74 Å². The highest BCUT2D eigenvalue weighted by atomic mass is 16.5. The Morgan fingerprint density at radius 3 is 2.56 bits per heavy atom. The molecule has 2 rings (SSSR count). The predicted molar refractivity (Wildman–Crippen MR) is 75.8 cm³/mol. The summed E-state index contributed by atoms with van der Waals surface area (Å²) < 4.78 is 5.70. The van der Waals surface area contributed by atoms with Gasteiger partial charge >= 0.3 is 0 Å². The van der Waals surface area contributed by atoms with E-state index in [1.165, 1.54) is 25.8 Å². The fourth-order valence-electron chi connectivity index (χ4n) is 3.30. The normalized spacial score (nSPS) is 37.8. The van der Waals surface area contributed by atoms with Gasteiger partial charge in [-0.3, -0.25) is 4.90 Å². The van der Waals surface area contributed by atoms with Crippen LogP contribution >= 0.6 is 0 Å². The van der Waals surface area contributed by atoms with Crippen LogP contribution < -0.4 is 5.32 Å². The molecule has 3 nitrogen and oxygen atoms in total. The zero-order valence-corrected chi connectivity index (χ0v) is 12.5. The second kappa shape index (κ2) is 6.36. The highest BCUT2D eigenvalue weighted by Gasteiger charge is 2.39. The van der Waals surface area contributed by atoms with Gasteiger partial charge in [-0.15, -0.1) is 0 Å². The Morgan fingerprint density at radius 2 is 2.00 bits per heavy atom. The molecule has 0 bridgehead atoms. The summed E-state index contributed by atoms with van der Waals surface area (Å²) in [6.45, 7) is 12.3. The number of hydrogen-bond donors (Lipinski definition) is 1. The summed E-state index contributed by atoms with van der Waals surface area (Å²) in [5.74, 6) is 0.730. The first-order chi connectivity index (χ1) is 8.65. The number of rotatable bonds is 5. The van der Waals surface area contributed by atoms with Gasteiger partial charge in [-0.2, -0.15) is 0 Å². The van der Waals surface area contributed by atoms with Gasteiger partial charge in [0.15, 0.2) is 0 Å². The second-order valence-electron chi connectivity index (χ2n) is 6.22. The monoisotopic (exact) mass is 254 g/mol. The smallest absolute Gasteiger partial charge is 0.0604 e. The van der Waals surface area contributed by atoms with Crippen molar-refractivity contribution in [2.75, 3.05) is 19.7 Å². The first-order valence-corrected chi connectivity index (χ1v) is 7.76. The van der Waals surface area contributed by atoms with Gasteiger partial charge in [0.05, 0.1) is 6.10 Å². The molecule has 2 unspecified atom stereocenters. The van der Waals surface area contributed by atoms with Crippen LogP contribution in [-0.2, 0) is 4.74 Å². The maximum absolute atomic E-state index is 5.70. The van der Waals surface area contributed by atoms with E-state index in [9.17, 15) is 0 Å². The van der Waals surface area contributed by atoms with E-state index in [-0.39, 0.29) is 0 Å². The summed E-state index contributed by atoms with van der Waals surface area (Å²) in [5, 5.41) is 3.72. The first kappa shape index (κ1) is 14.3. The fourth-order valence-corrected chi connectivity index (χ4v) is 3.30. The molecule has 2 aliphatic rings. The predicted octanol–water partition coefficient (Wildman–Crippen LogP) is 2.26. The van der Waals surface area contributed by atoms with Gasteiger partial charge in [0.25, 0.3) is 0 Å². The van der Waals surface area contributed by atoms with E-state index in [4.69, 9.17) is 4.74 Å². The van der Waals surface area contributed by atoms with E-state index in [0.717, 1.165) is 31.2 Å². The summed E-state index contributed by atoms with van der Waals surface area (Å²) in [5.41, 5.74) is 0. The molecule has 0 radical (unpaired) electrons. The minimum absolute atomic E-state index is 0.532. The van der Waals surface area contributed by atoms with Crippen LogP contribution in [0.15, 0.2) is 0 Å². The number of hydrogen-bond acceptors (Lipinski definition) is 3. The van der Waals surface area contributed by atoms with E-state index < -0.39 is 0 Å². The molecule has 106 valence electrons. The summed E-state index contributed by atoms with van der Waals surface area (Å²) in [7, 11) is 0. The highest BCUT2D eigenvalue weighted by Crippen LogP contribution is 2.32. The molecule has 3 heteroatoms. The van der Waals surface area contributed by atoms with Crippen LogP contribution in [-0.4, -0.2) is 48.8 Å². The van der Waals surface area contributed by atoms with E-state index >= 15 is 0 Å². The maximum Gasteiger partial charge on any atom is 0.0604 e. The van der Waals surface area contributed by atoms with E-state index in [0.29, 0.717) is 12.1 Å². The molecular weight excluding hydrogens is 224 g/mol. The van der Waals surface area contributed by atoms with Crippen molar-refractivity contribution in [3.63, 3.8) is 0 Å². The molecule has 0 amide bonds. The van der Waals surface area contributed by atoms with E-state index in [1.807, 2.05) is 0 Å². The first-order valence-electron chi connectivity index (χ1n) is 7.76. The number of nitrogens with one attached hydrogen (secondary N) is 1. The lowest BCUT2D eigenvalue weighted by Gasteiger charge is -2.50. The van der Waals surface area contributed by atoms with Gasteiger partial charge in [0.2, 0.25) is 0 Å². The average Bonchev–Trinajstić information content (AvgIpc) is 2.32. The molecule has 0 aromatic carbocycles. The van der Waals surface area contributed by atoms with Crippen LogP contribution in [0.4, 0.5) is 0 Å². The molecule has 1 heterocycles. The Bertz CT molecular complexity index is 251. The molecule has 1 aliphatic carbocycles. The Hall–Kier alpha value is -0.120. The summed E-state index contributed by atoms with van der Waals surface area (Å²) in [6.07, 6.45) is 4.28. The van der Waals surface area contributed by atoms with Crippen LogP contribution in [0.3, 0.4) is 0 Å². The third-order valence-electron chi connectivity index (χ3n) is 4.71. The molecule has 0 aromatic heterocycles. The Kier molecular flexibility index (Phi) is 5.05. The Balaban J connectivity index is 1.87. The van der Waals surface area contributed by atoms with E-state index in [2.05, 4.69) is 37.9 Å². The van der Waals surface area contributed by atoms with Crippen molar-refractivity contribution in [1.29, 1.82) is 0 Å². The van der Waals surface area contributed by atoms with Crippen molar-refractivity contribution in [3.05, 3.63) is 0 Å². The fraction of sp³-hybridized carbons (Fsp3) is 1.00. The van der Waals surface area contributed by atoms with Gasteiger partial charge in [-0.25, -0.2) is 0 Å². The van der Waals surface area contributed by atoms with Gasteiger partial charge in [0.1, 0.15) is 0 Å². The maximum atomic E-state index is 5.70. The Labute approximate surface area is 112 Å². The van der Waals surface area contributed by atoms with Crippen molar-refractivity contribution in [3.8, 4) is 0 Å². The van der Waals surface area contributed by atoms with Crippen LogP contribution in [0.1, 0.15) is 47.0 Å². The molecular formula is C15H30N2O. The van der Waals surface area contributed by atoms with Crippen molar-refractivity contribution >= 4 is 0 Å². The molecule has 0 spiro atoms. The van der Waals surface area contributed by atoms with Crippen molar-refractivity contribution in [2.45, 2.75) is 71.2 Å². The summed E-state index contributed by atoms with van der Waals surface area (Å²) in [4.78, 5) is 2.76. The van der Waals surface area contributed by atoms with Crippen molar-refractivity contribution in [1.82, 2.24) is 10.2 Å². The highest BCUT2D eigenvalue weighted by molar-refractivity contribution is 4.96. The zero-order valence-electron chi connectivity index (χ0n) is 12.5. The third-order valence-corrected chi connectivity index (χ3v) is 4.71. The molecule has 1 aliphatic heterocycles. The van der Waals surface area contributed by atoms with Gasteiger partial charge < -0.3 is 10.1 Å². The average molecular weight is 254 g/mol. The standard InChI is InChI=1S/C15H30N2O/c1-5-12-9-16-15(11(3)4)10-17(12)13-7-14(8-13)18-6-2/h11-16H,5-10H2,1-4H3. The van der Waals surface area contributed by atoms with Crippen LogP contribution in [0, 0.1) is 5.92 Å². The molecule has 2 atom stereocenters.